The van der Waals surface area contributed by atoms with Crippen molar-refractivity contribution in [1.29, 1.82) is 0 Å². The second-order valence-electron chi connectivity index (χ2n) is 6.38. The Kier molecular flexibility index (Phi) is 5.81. The van der Waals surface area contributed by atoms with Crippen molar-refractivity contribution in [1.82, 2.24) is 4.57 Å². The van der Waals surface area contributed by atoms with Gasteiger partial charge in [-0.25, -0.2) is 4.79 Å². The summed E-state index contributed by atoms with van der Waals surface area (Å²) in [4.78, 5) is 24.8. The molecule has 0 saturated carbocycles. The summed E-state index contributed by atoms with van der Waals surface area (Å²) in [5.41, 5.74) is 2.48. The Labute approximate surface area is 165 Å². The molecule has 0 radical (unpaired) electrons. The van der Waals surface area contributed by atoms with Crippen LogP contribution in [0.3, 0.4) is 0 Å². The molecular formula is C21H19F2NO5. The Bertz CT molecular complexity index is 1010. The van der Waals surface area contributed by atoms with Gasteiger partial charge >= 0.3 is 12.6 Å². The minimum atomic E-state index is -2.90. The van der Waals surface area contributed by atoms with E-state index in [2.05, 4.69) is 4.74 Å². The van der Waals surface area contributed by atoms with Gasteiger partial charge in [0.15, 0.2) is 6.10 Å². The van der Waals surface area contributed by atoms with Gasteiger partial charge in [0.05, 0.1) is 6.26 Å². The highest BCUT2D eigenvalue weighted by Crippen LogP contribution is 2.25. The number of ether oxygens (including phenoxy) is 2. The zero-order chi connectivity index (χ0) is 21.1. The van der Waals surface area contributed by atoms with Crippen LogP contribution in [0.2, 0.25) is 0 Å². The van der Waals surface area contributed by atoms with Gasteiger partial charge in [0.1, 0.15) is 5.75 Å². The summed E-state index contributed by atoms with van der Waals surface area (Å²) in [5, 5.41) is 0. The lowest BCUT2D eigenvalue weighted by Gasteiger charge is -2.13. The zero-order valence-corrected chi connectivity index (χ0v) is 16.0. The van der Waals surface area contributed by atoms with Crippen LogP contribution < -0.4 is 4.74 Å². The van der Waals surface area contributed by atoms with Gasteiger partial charge < -0.3 is 18.5 Å². The fourth-order valence-electron chi connectivity index (χ4n) is 3.07. The monoisotopic (exact) mass is 403 g/mol. The second-order valence-corrected chi connectivity index (χ2v) is 6.38. The number of carbonyl (C=O) groups excluding carboxylic acids is 2. The highest BCUT2D eigenvalue weighted by Gasteiger charge is 2.25. The number of hydrogen-bond acceptors (Lipinski definition) is 5. The van der Waals surface area contributed by atoms with Crippen LogP contribution in [0.4, 0.5) is 8.78 Å². The molecule has 0 saturated heterocycles. The lowest BCUT2D eigenvalue weighted by atomic mass is 10.1. The summed E-state index contributed by atoms with van der Waals surface area (Å²) in [6.45, 7) is 2.16. The molecular weight excluding hydrogens is 384 g/mol. The highest BCUT2D eigenvalue weighted by atomic mass is 19.3. The van der Waals surface area contributed by atoms with E-state index >= 15 is 0 Å². The molecule has 0 fully saturated rings. The standard InChI is InChI=1S/C21H19F2NO5/c1-12-11-17(19(25)14(3)28-20(26)18-5-4-10-27-18)13(2)24(12)15-6-8-16(9-7-15)29-21(22)23/h4-11,14,21H,1-3H3/t14-/m1/s1. The molecule has 152 valence electrons. The molecule has 0 unspecified atom stereocenters. The van der Waals surface area contributed by atoms with Crippen molar-refractivity contribution in [2.24, 2.45) is 0 Å². The Balaban J connectivity index is 1.81. The minimum Gasteiger partial charge on any atom is -0.457 e. The number of nitrogens with zero attached hydrogens (tertiary/aromatic N) is 1. The van der Waals surface area contributed by atoms with E-state index in [4.69, 9.17) is 9.15 Å². The molecule has 0 amide bonds. The average molecular weight is 403 g/mol. The highest BCUT2D eigenvalue weighted by molar-refractivity contribution is 6.02. The third-order valence-electron chi connectivity index (χ3n) is 4.39. The predicted molar refractivity (Wildman–Crippen MR) is 99.8 cm³/mol. The molecule has 0 bridgehead atoms. The first-order chi connectivity index (χ1) is 13.8. The van der Waals surface area contributed by atoms with Crippen LogP contribution in [-0.4, -0.2) is 29.0 Å². The van der Waals surface area contributed by atoms with Crippen LogP contribution >= 0.6 is 0 Å². The van der Waals surface area contributed by atoms with Crippen LogP contribution in [0.15, 0.2) is 53.1 Å². The molecule has 0 N–H and O–H groups in total. The molecule has 3 aromatic rings. The van der Waals surface area contributed by atoms with Gasteiger partial charge in [-0.1, -0.05) is 0 Å². The van der Waals surface area contributed by atoms with E-state index in [1.54, 1.807) is 35.8 Å². The summed E-state index contributed by atoms with van der Waals surface area (Å²) in [5.74, 6) is -1.02. The number of halogens is 2. The summed E-state index contributed by atoms with van der Waals surface area (Å²) < 4.78 is 41.0. The van der Waals surface area contributed by atoms with Gasteiger partial charge in [0.25, 0.3) is 0 Å². The second kappa shape index (κ2) is 8.30. The molecule has 8 heteroatoms. The fraction of sp³-hybridized carbons (Fsp3) is 0.238. The van der Waals surface area contributed by atoms with Crippen LogP contribution in [0.1, 0.15) is 39.2 Å². The maximum absolute atomic E-state index is 12.8. The fourth-order valence-corrected chi connectivity index (χ4v) is 3.07. The molecule has 0 aliphatic carbocycles. The topological polar surface area (TPSA) is 70.7 Å². The molecule has 2 heterocycles. The Morgan fingerprint density at radius 1 is 1.10 bits per heavy atom. The number of rotatable bonds is 7. The number of Topliss-reactive ketones (excluding diaryl/α,β-unsaturated/α-hetero) is 1. The van der Waals surface area contributed by atoms with E-state index in [1.807, 2.05) is 6.92 Å². The zero-order valence-electron chi connectivity index (χ0n) is 16.0. The van der Waals surface area contributed by atoms with Crippen molar-refractivity contribution in [3.8, 4) is 11.4 Å². The van der Waals surface area contributed by atoms with Crippen molar-refractivity contribution >= 4 is 11.8 Å². The maximum atomic E-state index is 12.8. The molecule has 3 rings (SSSR count). The first-order valence-electron chi connectivity index (χ1n) is 8.81. The number of esters is 1. The molecule has 29 heavy (non-hydrogen) atoms. The van der Waals surface area contributed by atoms with Crippen LogP contribution in [-0.2, 0) is 4.74 Å². The number of ketones is 1. The minimum absolute atomic E-state index is 0.0150. The Hall–Kier alpha value is -3.42. The van der Waals surface area contributed by atoms with E-state index in [-0.39, 0.29) is 17.3 Å². The summed E-state index contributed by atoms with van der Waals surface area (Å²) in [7, 11) is 0. The number of alkyl halides is 2. The van der Waals surface area contributed by atoms with Gasteiger partial charge in [0, 0.05) is 22.6 Å². The smallest absolute Gasteiger partial charge is 0.387 e. The van der Waals surface area contributed by atoms with Crippen molar-refractivity contribution < 1.29 is 32.3 Å². The van der Waals surface area contributed by atoms with Crippen molar-refractivity contribution in [3.05, 3.63) is 71.4 Å². The third-order valence-corrected chi connectivity index (χ3v) is 4.39. The molecule has 0 spiro atoms. The SMILES string of the molecule is Cc1cc(C(=O)[C@@H](C)OC(=O)c2ccco2)c(C)n1-c1ccc(OC(F)F)cc1. The predicted octanol–water partition coefficient (Wildman–Crippen LogP) is 4.72. The van der Waals surface area contributed by atoms with Gasteiger partial charge in [-0.2, -0.15) is 8.78 Å². The van der Waals surface area contributed by atoms with Crippen LogP contribution in [0.25, 0.3) is 5.69 Å². The van der Waals surface area contributed by atoms with Crippen molar-refractivity contribution in [3.63, 3.8) is 0 Å². The number of hydrogen-bond donors (Lipinski definition) is 0. The molecule has 2 aromatic heterocycles. The van der Waals surface area contributed by atoms with E-state index in [0.717, 1.165) is 5.69 Å². The molecule has 0 aliphatic heterocycles. The molecule has 1 aromatic carbocycles. The average Bonchev–Trinajstić information content (AvgIpc) is 3.30. The summed E-state index contributed by atoms with van der Waals surface area (Å²) in [6, 6.07) is 10.8. The number of furan rings is 1. The largest absolute Gasteiger partial charge is 0.457 e. The Morgan fingerprint density at radius 2 is 1.79 bits per heavy atom. The van der Waals surface area contributed by atoms with E-state index in [1.165, 1.54) is 31.4 Å². The normalized spacial score (nSPS) is 12.1. The maximum Gasteiger partial charge on any atom is 0.387 e. The van der Waals surface area contributed by atoms with E-state index in [0.29, 0.717) is 16.9 Å². The van der Waals surface area contributed by atoms with Crippen LogP contribution in [0.5, 0.6) is 5.75 Å². The number of aromatic nitrogens is 1. The van der Waals surface area contributed by atoms with Crippen molar-refractivity contribution in [2.45, 2.75) is 33.5 Å². The first-order valence-corrected chi connectivity index (χ1v) is 8.81. The molecule has 6 nitrogen and oxygen atoms in total. The van der Waals surface area contributed by atoms with Crippen molar-refractivity contribution in [2.75, 3.05) is 0 Å². The van der Waals surface area contributed by atoms with E-state index in [9.17, 15) is 18.4 Å². The molecule has 0 aliphatic rings. The number of benzene rings is 1. The first kappa shape index (κ1) is 20.3. The Morgan fingerprint density at radius 3 is 2.38 bits per heavy atom. The number of carbonyl (C=O) groups is 2. The van der Waals surface area contributed by atoms with Crippen LogP contribution in [0, 0.1) is 13.8 Å². The lowest BCUT2D eigenvalue weighted by Crippen LogP contribution is -2.24. The summed E-state index contributed by atoms with van der Waals surface area (Å²) >= 11 is 0. The van der Waals surface area contributed by atoms with E-state index < -0.39 is 18.7 Å². The van der Waals surface area contributed by atoms with Gasteiger partial charge in [0.2, 0.25) is 11.5 Å². The van der Waals surface area contributed by atoms with Gasteiger partial charge in [-0.05, 0) is 63.2 Å². The third kappa shape index (κ3) is 4.37. The number of aryl methyl sites for hydroxylation is 1. The van der Waals surface area contributed by atoms with Gasteiger partial charge in [-0.15, -0.1) is 0 Å². The quantitative estimate of drug-likeness (QED) is 0.422. The lowest BCUT2D eigenvalue weighted by molar-refractivity contribution is -0.0498. The molecule has 1 atom stereocenters. The summed E-state index contributed by atoms with van der Waals surface area (Å²) in [6.07, 6.45) is 0.331. The van der Waals surface area contributed by atoms with Gasteiger partial charge in [-0.3, -0.25) is 4.79 Å².